The first-order valence-electron chi connectivity index (χ1n) is 35.6. The van der Waals surface area contributed by atoms with Crippen LogP contribution in [0.5, 0.6) is 23.0 Å². The fourth-order valence-electron chi connectivity index (χ4n) is 10.0. The fraction of sp³-hybridized carbons (Fsp3) is 0.220. The number of methoxy groups -OCH3 is 3. The Morgan fingerprint density at radius 1 is 0.302 bits per heavy atom. The molecule has 0 aliphatic carbocycles. The van der Waals surface area contributed by atoms with Crippen molar-refractivity contribution in [2.24, 2.45) is 0 Å². The SMILES string of the molecule is CC(=O)NC(CSC(=O)Oc1ccc(-c2ccc(F)cc2F)cc1C(=O)OC(C)C)C(=O)O.COC(=O)c1cc(-c2ccc(F)cc2F)ccc1OC(=O)SCC(NC(C)=O)C(=O)O.COC(=O)c1cc(-c2ccc(F)cc2F)ccc1OC(=O)SC[C@@H](NC(C)=O)C(=O)O.COC(=O)c1cc(-c2ccc(F)cc2F)ccc1OC(=O)SC[C@H](NC(C)=O)C(=O)O. The van der Waals surface area contributed by atoms with E-state index in [4.69, 9.17) is 44.1 Å². The summed E-state index contributed by atoms with van der Waals surface area (Å²) >= 11 is 1.89. The summed E-state index contributed by atoms with van der Waals surface area (Å²) in [7, 11) is 3.29. The molecule has 4 amide bonds. The Morgan fingerprint density at radius 2 is 0.500 bits per heavy atom. The fourth-order valence-corrected chi connectivity index (χ4v) is 12.8. The third-order valence-corrected chi connectivity index (χ3v) is 18.9. The van der Waals surface area contributed by atoms with Crippen molar-refractivity contribution in [3.63, 3.8) is 0 Å². The van der Waals surface area contributed by atoms with Crippen molar-refractivity contribution in [1.29, 1.82) is 0 Å². The summed E-state index contributed by atoms with van der Waals surface area (Å²) in [4.78, 5) is 186. The van der Waals surface area contributed by atoms with E-state index in [0.717, 1.165) is 73.3 Å². The van der Waals surface area contributed by atoms with E-state index in [9.17, 15) is 112 Å². The van der Waals surface area contributed by atoms with Gasteiger partial charge in [-0.1, -0.05) is 24.3 Å². The summed E-state index contributed by atoms with van der Waals surface area (Å²) in [6.45, 7) is 7.75. The maximum absolute atomic E-state index is 14.2. The van der Waals surface area contributed by atoms with E-state index in [-0.39, 0.29) is 113 Å². The highest BCUT2D eigenvalue weighted by Crippen LogP contribution is 2.36. The number of hydrogen-bond donors (Lipinski definition) is 8. The van der Waals surface area contributed by atoms with Crippen LogP contribution in [0.1, 0.15) is 83.0 Å². The third-order valence-electron chi connectivity index (χ3n) is 15.6. The number of benzene rings is 8. The van der Waals surface area contributed by atoms with Gasteiger partial charge >= 0.3 is 69.0 Å². The van der Waals surface area contributed by atoms with Crippen LogP contribution >= 0.6 is 47.0 Å². The van der Waals surface area contributed by atoms with Crippen molar-refractivity contribution >= 4 is 140 Å². The third kappa shape index (κ3) is 32.7. The van der Waals surface area contributed by atoms with Crippen molar-refractivity contribution in [1.82, 2.24) is 21.3 Å². The van der Waals surface area contributed by atoms with Gasteiger partial charge in [0.1, 0.15) is 116 Å². The number of ether oxygens (including phenoxy) is 8. The molecule has 8 aromatic carbocycles. The van der Waals surface area contributed by atoms with Crippen LogP contribution < -0.4 is 40.2 Å². The molecule has 0 saturated heterocycles. The second kappa shape index (κ2) is 49.4. The van der Waals surface area contributed by atoms with E-state index in [1.54, 1.807) is 13.8 Å². The Kier molecular flexibility index (Phi) is 40.3. The van der Waals surface area contributed by atoms with Gasteiger partial charge in [0.05, 0.1) is 27.4 Å². The van der Waals surface area contributed by atoms with E-state index in [0.29, 0.717) is 71.3 Å². The summed E-state index contributed by atoms with van der Waals surface area (Å²) in [5.74, 6) is -19.7. The van der Waals surface area contributed by atoms with Gasteiger partial charge in [-0.3, -0.25) is 19.2 Å². The normalized spacial score (nSPS) is 11.4. The van der Waals surface area contributed by atoms with Gasteiger partial charge in [0.25, 0.3) is 0 Å². The number of carbonyl (C=O) groups is 16. The first kappa shape index (κ1) is 103. The van der Waals surface area contributed by atoms with E-state index in [1.165, 1.54) is 97.1 Å². The van der Waals surface area contributed by atoms with E-state index in [2.05, 4.69) is 35.5 Å². The zero-order chi connectivity index (χ0) is 94.1. The largest absolute Gasteiger partial charge is 0.480 e. The van der Waals surface area contributed by atoms with Crippen LogP contribution in [-0.2, 0) is 57.3 Å². The number of carboxylic acid groups (broad SMARTS) is 4. The Bertz CT molecular complexity index is 5090. The molecule has 4 atom stereocenters. The van der Waals surface area contributed by atoms with Crippen LogP contribution in [0.2, 0.25) is 0 Å². The topological polar surface area (TPSA) is 476 Å². The zero-order valence-electron chi connectivity index (χ0n) is 66.8. The number of aliphatic carboxylic acids is 4. The summed E-state index contributed by atoms with van der Waals surface area (Å²) in [5, 5.41) is 41.2. The highest BCUT2D eigenvalue weighted by atomic mass is 32.2. The number of amides is 4. The Balaban J connectivity index is 0.000000298. The van der Waals surface area contributed by atoms with Crippen LogP contribution in [-0.4, -0.2) is 188 Å². The number of carbonyl (C=O) groups excluding carboxylic acids is 12. The molecule has 8 rings (SSSR count). The Labute approximate surface area is 725 Å². The summed E-state index contributed by atoms with van der Waals surface area (Å²) < 4.78 is 149. The minimum atomic E-state index is -1.34. The number of esters is 4. The first-order valence-corrected chi connectivity index (χ1v) is 39.5. The van der Waals surface area contributed by atoms with Gasteiger partial charge in [0, 0.05) is 97.2 Å². The zero-order valence-corrected chi connectivity index (χ0v) is 70.1. The van der Waals surface area contributed by atoms with Crippen molar-refractivity contribution in [3.8, 4) is 67.5 Å². The lowest BCUT2D eigenvalue weighted by atomic mass is 10.0. The van der Waals surface area contributed by atoms with E-state index >= 15 is 0 Å². The van der Waals surface area contributed by atoms with E-state index in [1.807, 2.05) is 0 Å². The quantitative estimate of drug-likeness (QED) is 0.0123. The smallest absolute Gasteiger partial charge is 0.372 e. The molecule has 44 heteroatoms. The first-order chi connectivity index (χ1) is 59.3. The number of halogens is 8. The number of carboxylic acids is 4. The second-order valence-electron chi connectivity index (χ2n) is 25.3. The minimum Gasteiger partial charge on any atom is -0.480 e. The highest BCUT2D eigenvalue weighted by molar-refractivity contribution is 8.14. The maximum Gasteiger partial charge on any atom is 0.372 e. The second-order valence-corrected chi connectivity index (χ2v) is 29.1. The average Bonchev–Trinajstić information content (AvgIpc) is 0.819. The number of nitrogens with one attached hydrogen (secondary N) is 4. The van der Waals surface area contributed by atoms with Gasteiger partial charge < -0.3 is 79.6 Å². The summed E-state index contributed by atoms with van der Waals surface area (Å²) in [6.07, 6.45) is -0.504. The molecule has 0 aliphatic heterocycles. The predicted molar refractivity (Wildman–Crippen MR) is 437 cm³/mol. The Morgan fingerprint density at radius 3 is 0.667 bits per heavy atom. The van der Waals surface area contributed by atoms with Crippen molar-refractivity contribution in [2.45, 2.75) is 71.8 Å². The van der Waals surface area contributed by atoms with Crippen LogP contribution in [0, 0.1) is 46.5 Å². The molecule has 668 valence electrons. The monoisotopic (exact) mass is 1840 g/mol. The molecule has 0 aromatic heterocycles. The number of hydrogen-bond acceptors (Lipinski definition) is 28. The van der Waals surface area contributed by atoms with E-state index < -0.39 is 169 Å². The maximum atomic E-state index is 14.2. The predicted octanol–water partition coefficient (Wildman–Crippen LogP) is 13.7. The molecular formula is C82H72F8N4O28S4. The summed E-state index contributed by atoms with van der Waals surface area (Å²) in [5.41, 5.74) is 0.115. The lowest BCUT2D eigenvalue weighted by Crippen LogP contribution is -2.41. The molecule has 0 saturated carbocycles. The molecule has 2 unspecified atom stereocenters. The van der Waals surface area contributed by atoms with Gasteiger partial charge in [-0.15, -0.1) is 0 Å². The van der Waals surface area contributed by atoms with Crippen LogP contribution in [0.3, 0.4) is 0 Å². The molecule has 0 aliphatic rings. The number of rotatable bonds is 29. The molecule has 0 fully saturated rings. The standard InChI is InChI=1S/C22H21F2NO7S.3C20H17F2NO7S/c1-11(2)31-21(29)16-8-13(15-6-5-14(23)9-17(15)24)4-7-19(16)32-22(30)33-10-18(20(27)28)25-12(3)26;3*1-10(24)23-16(18(25)26)9-31-20(28)30-17-6-3-11(7-14(17)19(27)29-2)13-5-4-12(21)8-15(13)22/h4-9,11,18H,10H2,1-3H3,(H,25,26)(H,27,28);3*3-8,16H,9H2,1-2H3,(H,23,24)(H,25,26)/t;2*16-;/m.10./s1. The molecule has 8 N–H and O–H groups in total. The van der Waals surface area contributed by atoms with Crippen molar-refractivity contribution in [2.75, 3.05) is 44.3 Å². The van der Waals surface area contributed by atoms with Gasteiger partial charge in [0.15, 0.2) is 0 Å². The molecule has 0 spiro atoms. The average molecular weight is 1840 g/mol. The highest BCUT2D eigenvalue weighted by Gasteiger charge is 2.30. The molecule has 32 nitrogen and oxygen atoms in total. The lowest BCUT2D eigenvalue weighted by molar-refractivity contribution is -0.141. The molecule has 0 bridgehead atoms. The molecule has 0 radical (unpaired) electrons. The van der Waals surface area contributed by atoms with Crippen LogP contribution in [0.25, 0.3) is 44.5 Å². The molecule has 0 heterocycles. The van der Waals surface area contributed by atoms with Gasteiger partial charge in [-0.05, 0) is 180 Å². The van der Waals surface area contributed by atoms with Crippen LogP contribution in [0.15, 0.2) is 146 Å². The van der Waals surface area contributed by atoms with Crippen molar-refractivity contribution in [3.05, 3.63) is 214 Å². The number of thioether (sulfide) groups is 4. The Hall–Kier alpha value is -13.9. The lowest BCUT2D eigenvalue weighted by Gasteiger charge is -2.15. The molecule has 126 heavy (non-hydrogen) atoms. The molecular weight excluding hydrogens is 1770 g/mol. The minimum absolute atomic E-state index is 0.0124. The van der Waals surface area contributed by atoms with Gasteiger partial charge in [0.2, 0.25) is 23.6 Å². The summed E-state index contributed by atoms with van der Waals surface area (Å²) in [6, 6.07) is 21.7. The molecule has 8 aromatic rings. The van der Waals surface area contributed by atoms with Crippen molar-refractivity contribution < 1.29 is 170 Å². The van der Waals surface area contributed by atoms with Crippen LogP contribution in [0.4, 0.5) is 54.3 Å². The van der Waals surface area contributed by atoms with Gasteiger partial charge in [-0.25, -0.2) is 92.7 Å². The van der Waals surface area contributed by atoms with Gasteiger partial charge in [-0.2, -0.15) is 0 Å².